The molecule has 2 atom stereocenters. The van der Waals surface area contributed by atoms with Crippen molar-refractivity contribution in [3.63, 3.8) is 0 Å². The van der Waals surface area contributed by atoms with E-state index in [-0.39, 0.29) is 24.2 Å². The third-order valence-electron chi connectivity index (χ3n) is 7.25. The zero-order valence-electron chi connectivity index (χ0n) is 20.5. The van der Waals surface area contributed by atoms with Crippen molar-refractivity contribution in [2.45, 2.75) is 24.3 Å². The Kier molecular flexibility index (Phi) is 6.10. The zero-order valence-corrected chi connectivity index (χ0v) is 21.4. The molecule has 1 amide bonds. The molecule has 3 aromatic carbocycles. The van der Waals surface area contributed by atoms with Crippen LogP contribution in [0.3, 0.4) is 0 Å². The molecule has 2 aliphatic rings. The first kappa shape index (κ1) is 24.1. The van der Waals surface area contributed by atoms with Gasteiger partial charge in [0.15, 0.2) is 0 Å². The van der Waals surface area contributed by atoms with E-state index in [2.05, 4.69) is 83.0 Å². The summed E-state index contributed by atoms with van der Waals surface area (Å²) < 4.78 is 5.41. The van der Waals surface area contributed by atoms with Crippen molar-refractivity contribution in [3.8, 4) is 5.75 Å². The number of benzene rings is 3. The summed E-state index contributed by atoms with van der Waals surface area (Å²) in [4.78, 5) is 15.1. The molecule has 1 aliphatic heterocycles. The van der Waals surface area contributed by atoms with E-state index >= 15 is 0 Å². The number of H-pyrrole nitrogens is 1. The van der Waals surface area contributed by atoms with Gasteiger partial charge in [0.2, 0.25) is 5.91 Å². The van der Waals surface area contributed by atoms with Crippen molar-refractivity contribution in [2.24, 2.45) is 0 Å². The number of methoxy groups -OCH3 is 1. The number of anilines is 1. The van der Waals surface area contributed by atoms with Gasteiger partial charge >= 0.3 is 0 Å². The van der Waals surface area contributed by atoms with Crippen molar-refractivity contribution in [1.82, 2.24) is 15.1 Å². The Balaban J connectivity index is 0.00000267. The molecule has 0 radical (unpaired) electrons. The van der Waals surface area contributed by atoms with Gasteiger partial charge in [-0.15, -0.1) is 12.4 Å². The maximum Gasteiger partial charge on any atom is 0.235 e. The lowest BCUT2D eigenvalue weighted by atomic mass is 9.91. The molecule has 1 spiro atoms. The average molecular weight is 501 g/mol. The van der Waals surface area contributed by atoms with Gasteiger partial charge in [0.05, 0.1) is 23.7 Å². The summed E-state index contributed by atoms with van der Waals surface area (Å²) in [5.74, 6) is 0.997. The van der Waals surface area contributed by atoms with E-state index in [1.165, 1.54) is 5.56 Å². The molecule has 0 bridgehead atoms. The highest BCUT2D eigenvalue weighted by atomic mass is 35.5. The lowest BCUT2D eigenvalue weighted by Crippen LogP contribution is -2.21. The van der Waals surface area contributed by atoms with Gasteiger partial charge in [-0.05, 0) is 73.1 Å². The van der Waals surface area contributed by atoms with Gasteiger partial charge in [-0.3, -0.25) is 9.89 Å². The fourth-order valence-electron chi connectivity index (χ4n) is 5.38. The Labute approximate surface area is 216 Å². The molecule has 184 valence electrons. The molecule has 1 aliphatic carbocycles. The van der Waals surface area contributed by atoms with Crippen LogP contribution >= 0.6 is 12.4 Å². The van der Waals surface area contributed by atoms with Crippen LogP contribution in [-0.2, 0) is 16.8 Å². The van der Waals surface area contributed by atoms with Gasteiger partial charge in [-0.1, -0.05) is 42.5 Å². The van der Waals surface area contributed by atoms with Gasteiger partial charge < -0.3 is 15.0 Å². The lowest BCUT2D eigenvalue weighted by Gasteiger charge is -2.10. The van der Waals surface area contributed by atoms with Crippen LogP contribution in [0, 0.1) is 0 Å². The molecule has 1 saturated carbocycles. The average Bonchev–Trinajstić information content (AvgIpc) is 3.40. The van der Waals surface area contributed by atoms with Gasteiger partial charge in [-0.25, -0.2) is 0 Å². The Morgan fingerprint density at radius 1 is 1.08 bits per heavy atom. The highest BCUT2D eigenvalue weighted by Crippen LogP contribution is 2.65. The molecule has 2 N–H and O–H groups in total. The lowest BCUT2D eigenvalue weighted by molar-refractivity contribution is -0.118. The number of carbonyl (C=O) groups is 1. The van der Waals surface area contributed by atoms with E-state index in [9.17, 15) is 4.79 Å². The normalized spacial score (nSPS) is 20.1. The predicted molar refractivity (Wildman–Crippen MR) is 147 cm³/mol. The molecule has 36 heavy (non-hydrogen) atoms. The summed E-state index contributed by atoms with van der Waals surface area (Å²) in [6.45, 7) is 0.930. The second-order valence-corrected chi connectivity index (χ2v) is 9.82. The molecule has 0 saturated heterocycles. The first-order valence-corrected chi connectivity index (χ1v) is 11.9. The summed E-state index contributed by atoms with van der Waals surface area (Å²) in [5, 5.41) is 11.8. The van der Waals surface area contributed by atoms with E-state index in [0.717, 1.165) is 57.7 Å². The second-order valence-electron chi connectivity index (χ2n) is 9.82. The maximum absolute atomic E-state index is 13.0. The number of hydrogen-bond donors (Lipinski definition) is 2. The van der Waals surface area contributed by atoms with Crippen LogP contribution in [0.4, 0.5) is 5.69 Å². The number of aromatic amines is 1. The molecule has 1 aromatic heterocycles. The molecule has 6 nitrogen and oxygen atoms in total. The van der Waals surface area contributed by atoms with E-state index in [4.69, 9.17) is 4.74 Å². The fourth-order valence-corrected chi connectivity index (χ4v) is 5.38. The van der Waals surface area contributed by atoms with Crippen LogP contribution in [0.2, 0.25) is 0 Å². The minimum atomic E-state index is -0.501. The van der Waals surface area contributed by atoms with E-state index in [1.54, 1.807) is 7.11 Å². The molecule has 0 unspecified atom stereocenters. The summed E-state index contributed by atoms with van der Waals surface area (Å²) in [5.41, 5.74) is 6.90. The van der Waals surface area contributed by atoms with Gasteiger partial charge in [0.1, 0.15) is 5.75 Å². The molecule has 1 fully saturated rings. The van der Waals surface area contributed by atoms with Crippen LogP contribution in [0.15, 0.2) is 60.7 Å². The highest BCUT2D eigenvalue weighted by molar-refractivity contribution is 6.10. The Hall–Kier alpha value is -3.61. The Morgan fingerprint density at radius 2 is 1.89 bits per heavy atom. The number of aromatic nitrogens is 2. The number of ether oxygens (including phenoxy) is 1. The van der Waals surface area contributed by atoms with Crippen LogP contribution in [0.5, 0.6) is 5.75 Å². The summed E-state index contributed by atoms with van der Waals surface area (Å²) >= 11 is 0. The number of halogens is 1. The zero-order chi connectivity index (χ0) is 24.2. The number of amides is 1. The second kappa shape index (κ2) is 9.12. The number of hydrogen-bond acceptors (Lipinski definition) is 4. The number of fused-ring (bicyclic) bond motifs is 3. The smallest absolute Gasteiger partial charge is 0.235 e. The van der Waals surface area contributed by atoms with Crippen molar-refractivity contribution in [1.29, 1.82) is 0 Å². The first-order chi connectivity index (χ1) is 17.0. The summed E-state index contributed by atoms with van der Waals surface area (Å²) in [7, 11) is 5.80. The van der Waals surface area contributed by atoms with Crippen LogP contribution in [-0.4, -0.2) is 42.2 Å². The third kappa shape index (κ3) is 3.96. The molecule has 7 heteroatoms. The highest BCUT2D eigenvalue weighted by Gasteiger charge is 2.65. The van der Waals surface area contributed by atoms with Crippen molar-refractivity contribution >= 4 is 47.1 Å². The van der Waals surface area contributed by atoms with Gasteiger partial charge in [0, 0.05) is 23.5 Å². The molecule has 6 rings (SSSR count). The van der Waals surface area contributed by atoms with E-state index < -0.39 is 5.41 Å². The van der Waals surface area contributed by atoms with Crippen molar-refractivity contribution in [3.05, 3.63) is 88.6 Å². The SMILES string of the molecule is COc1ccc2c(c1)[C@]1(C[C@H]1c1ccc3c(/C=C/c4ccc(CN(C)C)cc4)n[nH]c3c1)C(=O)N2.Cl. The summed E-state index contributed by atoms with van der Waals surface area (Å²) in [6, 6.07) is 20.8. The van der Waals surface area contributed by atoms with Gasteiger partial charge in [0.25, 0.3) is 0 Å². The summed E-state index contributed by atoms with van der Waals surface area (Å²) in [6.07, 6.45) is 4.94. The topological polar surface area (TPSA) is 70.2 Å². The largest absolute Gasteiger partial charge is 0.497 e. The standard InChI is InChI=1S/C29H28N4O2.ClH/c1-33(2)17-19-6-4-18(5-7-19)8-12-25-22-11-9-20(14-27(22)32-31-25)24-16-29(24)23-15-21(35-3)10-13-26(23)30-28(29)34;/h4-15,24H,16-17H2,1-3H3,(H,30,34)(H,31,32);1H/b12-8+;/t24-,29-;/m0./s1. The number of carbonyl (C=O) groups excluding carboxylic acids is 1. The van der Waals surface area contributed by atoms with E-state index in [1.807, 2.05) is 24.3 Å². The predicted octanol–water partition coefficient (Wildman–Crippen LogP) is 5.60. The van der Waals surface area contributed by atoms with Crippen LogP contribution < -0.4 is 10.1 Å². The van der Waals surface area contributed by atoms with Crippen LogP contribution in [0.1, 0.15) is 40.3 Å². The fraction of sp³-hybridized carbons (Fsp3) is 0.241. The molecular formula is C29H29ClN4O2. The number of nitrogens with one attached hydrogen (secondary N) is 2. The number of nitrogens with zero attached hydrogens (tertiary/aromatic N) is 2. The minimum Gasteiger partial charge on any atom is -0.497 e. The quantitative estimate of drug-likeness (QED) is 0.361. The minimum absolute atomic E-state index is 0. The van der Waals surface area contributed by atoms with Gasteiger partial charge in [-0.2, -0.15) is 5.10 Å². The molecule has 4 aromatic rings. The van der Waals surface area contributed by atoms with E-state index in [0.29, 0.717) is 0 Å². The first-order valence-electron chi connectivity index (χ1n) is 11.9. The number of rotatable bonds is 6. The van der Waals surface area contributed by atoms with Crippen molar-refractivity contribution in [2.75, 3.05) is 26.5 Å². The molecular weight excluding hydrogens is 472 g/mol. The molecule has 2 heterocycles. The van der Waals surface area contributed by atoms with Crippen molar-refractivity contribution < 1.29 is 9.53 Å². The Morgan fingerprint density at radius 3 is 2.64 bits per heavy atom. The van der Waals surface area contributed by atoms with Crippen LogP contribution in [0.25, 0.3) is 23.1 Å². The monoisotopic (exact) mass is 500 g/mol. The maximum atomic E-state index is 13.0. The Bertz CT molecular complexity index is 1470. The third-order valence-corrected chi connectivity index (χ3v) is 7.25.